The summed E-state index contributed by atoms with van der Waals surface area (Å²) in [6, 6.07) is -0.755. The first-order valence-corrected chi connectivity index (χ1v) is 6.79. The normalized spacial score (nSPS) is 14.7. The zero-order valence-corrected chi connectivity index (χ0v) is 12.0. The molecule has 0 aliphatic heterocycles. The van der Waals surface area contributed by atoms with Crippen molar-refractivity contribution in [2.45, 2.75) is 72.8 Å². The van der Waals surface area contributed by atoms with Crippen molar-refractivity contribution in [2.75, 3.05) is 0 Å². The van der Waals surface area contributed by atoms with E-state index in [4.69, 9.17) is 5.73 Å². The second-order valence-corrected chi connectivity index (χ2v) is 5.58. The molecule has 0 heterocycles. The fraction of sp³-hybridized carbons (Fsp3) is 0.929. The van der Waals surface area contributed by atoms with Gasteiger partial charge in [-0.15, -0.1) is 0 Å². The number of carboxylic acid groups (broad SMARTS) is 1. The summed E-state index contributed by atoms with van der Waals surface area (Å²) in [5.41, 5.74) is 5.86. The molecule has 0 amide bonds. The van der Waals surface area contributed by atoms with Crippen LogP contribution in [-0.4, -0.2) is 17.1 Å². The fourth-order valence-corrected chi connectivity index (χ4v) is 2.66. The molecule has 1 unspecified atom stereocenters. The van der Waals surface area contributed by atoms with Gasteiger partial charge in [-0.2, -0.15) is 0 Å². The van der Waals surface area contributed by atoms with Crippen LogP contribution in [0.25, 0.3) is 0 Å². The van der Waals surface area contributed by atoms with Crippen molar-refractivity contribution in [3.8, 4) is 0 Å². The van der Waals surface area contributed by atoms with Gasteiger partial charge in [0, 0.05) is 0 Å². The maximum atomic E-state index is 11.2. The van der Waals surface area contributed by atoms with Crippen LogP contribution in [0.5, 0.6) is 0 Å². The third-order valence-electron chi connectivity index (χ3n) is 4.82. The minimum atomic E-state index is -0.872. The van der Waals surface area contributed by atoms with E-state index in [9.17, 15) is 9.90 Å². The lowest BCUT2D eigenvalue weighted by atomic mass is 9.63. The fourth-order valence-electron chi connectivity index (χ4n) is 2.66. The molecule has 3 heteroatoms. The molecule has 0 saturated carbocycles. The molecule has 3 N–H and O–H groups in total. The van der Waals surface area contributed by atoms with E-state index in [1.54, 1.807) is 0 Å². The van der Waals surface area contributed by atoms with Crippen molar-refractivity contribution in [1.82, 2.24) is 0 Å². The SMILES string of the molecule is CCC(C)(CC)CC(CC)(CC)C(N)C(=O)O. The minimum absolute atomic E-state index is 0.194. The van der Waals surface area contributed by atoms with Gasteiger partial charge >= 0.3 is 5.97 Å². The standard InChI is InChI=1S/C14H29NO2/c1-6-13(5,7-2)10-14(8-3,9-4)11(15)12(16)17/h11H,6-10,15H2,1-5H3,(H,16,17). The molecular formula is C14H29NO2. The van der Waals surface area contributed by atoms with Crippen molar-refractivity contribution < 1.29 is 9.90 Å². The zero-order chi connectivity index (χ0) is 13.7. The Balaban J connectivity index is 5.14. The van der Waals surface area contributed by atoms with E-state index in [2.05, 4.69) is 34.6 Å². The Kier molecular flexibility index (Phi) is 6.17. The molecule has 0 aromatic heterocycles. The van der Waals surface area contributed by atoms with Crippen LogP contribution in [-0.2, 0) is 4.79 Å². The van der Waals surface area contributed by atoms with Gasteiger partial charge in [-0.3, -0.25) is 4.79 Å². The Morgan fingerprint density at radius 3 is 1.76 bits per heavy atom. The highest BCUT2D eigenvalue weighted by atomic mass is 16.4. The third kappa shape index (κ3) is 3.70. The van der Waals surface area contributed by atoms with Crippen LogP contribution in [0.4, 0.5) is 0 Å². The Morgan fingerprint density at radius 2 is 1.53 bits per heavy atom. The predicted octanol–water partition coefficient (Wildman–Crippen LogP) is 3.42. The van der Waals surface area contributed by atoms with E-state index < -0.39 is 12.0 Å². The van der Waals surface area contributed by atoms with E-state index in [0.29, 0.717) is 0 Å². The first-order valence-electron chi connectivity index (χ1n) is 6.79. The lowest BCUT2D eigenvalue weighted by Crippen LogP contribution is -2.49. The van der Waals surface area contributed by atoms with Gasteiger partial charge in [-0.25, -0.2) is 0 Å². The number of aliphatic carboxylic acids is 1. The molecular weight excluding hydrogens is 214 g/mol. The van der Waals surface area contributed by atoms with Crippen LogP contribution in [0, 0.1) is 10.8 Å². The number of hydrogen-bond acceptors (Lipinski definition) is 2. The van der Waals surface area contributed by atoms with Gasteiger partial charge in [0.1, 0.15) is 6.04 Å². The van der Waals surface area contributed by atoms with Gasteiger partial charge in [-0.1, -0.05) is 47.5 Å². The molecule has 0 bridgehead atoms. The molecule has 3 nitrogen and oxygen atoms in total. The summed E-state index contributed by atoms with van der Waals surface area (Å²) in [5, 5.41) is 9.20. The highest BCUT2D eigenvalue weighted by Gasteiger charge is 2.42. The largest absolute Gasteiger partial charge is 0.480 e. The van der Waals surface area contributed by atoms with E-state index >= 15 is 0 Å². The van der Waals surface area contributed by atoms with Gasteiger partial charge in [0.25, 0.3) is 0 Å². The summed E-state index contributed by atoms with van der Waals surface area (Å²) >= 11 is 0. The zero-order valence-electron chi connectivity index (χ0n) is 12.0. The first kappa shape index (κ1) is 16.4. The second-order valence-electron chi connectivity index (χ2n) is 5.58. The summed E-state index contributed by atoms with van der Waals surface area (Å²) in [7, 11) is 0. The first-order chi connectivity index (χ1) is 7.80. The molecule has 0 aliphatic rings. The van der Waals surface area contributed by atoms with Crippen LogP contribution in [0.3, 0.4) is 0 Å². The molecule has 0 aromatic carbocycles. The monoisotopic (exact) mass is 243 g/mol. The Labute approximate surface area is 106 Å². The molecule has 0 saturated heterocycles. The number of carboxylic acids is 1. The Bertz CT molecular complexity index is 243. The molecule has 0 rings (SSSR count). The molecule has 0 fully saturated rings. The van der Waals surface area contributed by atoms with Gasteiger partial charge in [-0.05, 0) is 30.1 Å². The Morgan fingerprint density at radius 1 is 1.12 bits per heavy atom. The maximum absolute atomic E-state index is 11.2. The van der Waals surface area contributed by atoms with E-state index in [1.807, 2.05) is 0 Å². The smallest absolute Gasteiger partial charge is 0.321 e. The van der Waals surface area contributed by atoms with Crippen molar-refractivity contribution in [1.29, 1.82) is 0 Å². The summed E-state index contributed by atoms with van der Waals surface area (Å²) in [4.78, 5) is 11.2. The van der Waals surface area contributed by atoms with Crippen LogP contribution >= 0.6 is 0 Å². The maximum Gasteiger partial charge on any atom is 0.321 e. The van der Waals surface area contributed by atoms with Gasteiger partial charge in [0.05, 0.1) is 0 Å². The lowest BCUT2D eigenvalue weighted by molar-refractivity contribution is -0.143. The molecule has 0 aromatic rings. The summed E-state index contributed by atoms with van der Waals surface area (Å²) in [6.45, 7) is 10.7. The van der Waals surface area contributed by atoms with Gasteiger partial charge in [0.2, 0.25) is 0 Å². The average Bonchev–Trinajstić information content (AvgIpc) is 2.35. The predicted molar refractivity (Wildman–Crippen MR) is 71.9 cm³/mol. The molecule has 0 spiro atoms. The van der Waals surface area contributed by atoms with Crippen molar-refractivity contribution in [3.63, 3.8) is 0 Å². The van der Waals surface area contributed by atoms with Crippen LogP contribution in [0.2, 0.25) is 0 Å². The highest BCUT2D eigenvalue weighted by molar-refractivity contribution is 5.74. The molecule has 0 aliphatic carbocycles. The summed E-state index contributed by atoms with van der Waals surface area (Å²) in [5.74, 6) is -0.872. The number of rotatable bonds is 8. The summed E-state index contributed by atoms with van der Waals surface area (Å²) in [6.07, 6.45) is 4.68. The average molecular weight is 243 g/mol. The third-order valence-corrected chi connectivity index (χ3v) is 4.82. The van der Waals surface area contributed by atoms with Crippen molar-refractivity contribution >= 4 is 5.97 Å². The van der Waals surface area contributed by atoms with Crippen molar-refractivity contribution in [2.24, 2.45) is 16.6 Å². The lowest BCUT2D eigenvalue weighted by Gasteiger charge is -2.42. The highest BCUT2D eigenvalue weighted by Crippen LogP contribution is 2.44. The molecule has 102 valence electrons. The Hall–Kier alpha value is -0.570. The van der Waals surface area contributed by atoms with Crippen molar-refractivity contribution in [3.05, 3.63) is 0 Å². The van der Waals surface area contributed by atoms with E-state index in [1.165, 1.54) is 0 Å². The molecule has 0 radical (unpaired) electrons. The van der Waals surface area contributed by atoms with Crippen LogP contribution < -0.4 is 5.73 Å². The van der Waals surface area contributed by atoms with Crippen LogP contribution in [0.15, 0.2) is 0 Å². The van der Waals surface area contributed by atoms with E-state index in [-0.39, 0.29) is 10.8 Å². The van der Waals surface area contributed by atoms with Crippen LogP contribution in [0.1, 0.15) is 66.7 Å². The molecule has 1 atom stereocenters. The van der Waals surface area contributed by atoms with E-state index in [0.717, 1.165) is 32.1 Å². The number of nitrogens with two attached hydrogens (primary N) is 1. The second kappa shape index (κ2) is 6.39. The minimum Gasteiger partial charge on any atom is -0.480 e. The number of carbonyl (C=O) groups is 1. The topological polar surface area (TPSA) is 63.3 Å². The quantitative estimate of drug-likeness (QED) is 0.686. The number of hydrogen-bond donors (Lipinski definition) is 2. The summed E-state index contributed by atoms with van der Waals surface area (Å²) < 4.78 is 0. The molecule has 17 heavy (non-hydrogen) atoms. The van der Waals surface area contributed by atoms with Gasteiger partial charge < -0.3 is 10.8 Å². The van der Waals surface area contributed by atoms with Gasteiger partial charge in [0.15, 0.2) is 0 Å².